The maximum Gasteiger partial charge on any atom is 0.409 e. The highest BCUT2D eigenvalue weighted by Gasteiger charge is 2.27. The zero-order valence-corrected chi connectivity index (χ0v) is 20.3. The largest absolute Gasteiger partial charge is 0.465 e. The highest BCUT2D eigenvalue weighted by atomic mass is 16.7. The second-order valence-corrected chi connectivity index (χ2v) is 8.05. The van der Waals surface area contributed by atoms with Crippen molar-refractivity contribution in [3.05, 3.63) is 36.9 Å². The van der Waals surface area contributed by atoms with Crippen LogP contribution in [0.25, 0.3) is 0 Å². The average molecular weight is 481 g/mol. The molecule has 2 amide bonds. The first-order valence-corrected chi connectivity index (χ1v) is 10.9. The zero-order chi connectivity index (χ0) is 26.1. The number of rotatable bonds is 13. The van der Waals surface area contributed by atoms with Gasteiger partial charge in [-0.2, -0.15) is 0 Å². The highest BCUT2D eigenvalue weighted by molar-refractivity contribution is 5.93. The summed E-state index contributed by atoms with van der Waals surface area (Å²) in [5.74, 6) is -0.847. The van der Waals surface area contributed by atoms with E-state index in [1.165, 1.54) is 0 Å². The lowest BCUT2D eigenvalue weighted by Crippen LogP contribution is -2.36. The van der Waals surface area contributed by atoms with Gasteiger partial charge in [0.2, 0.25) is 5.91 Å². The van der Waals surface area contributed by atoms with Crippen LogP contribution in [0.15, 0.2) is 36.9 Å². The number of Topliss-reactive ketones (excluding diaryl/α,β-unsaturated/α-hetero) is 1. The number of aliphatic hydroxyl groups is 1. The van der Waals surface area contributed by atoms with Crippen molar-refractivity contribution in [2.75, 3.05) is 24.0 Å². The molecule has 0 radical (unpaired) electrons. The minimum atomic E-state index is -1.13. The normalized spacial score (nSPS) is 10.5. The topological polar surface area (TPSA) is 151 Å². The van der Waals surface area contributed by atoms with Crippen LogP contribution in [0, 0.1) is 5.92 Å². The third kappa shape index (κ3) is 14.0. The highest BCUT2D eigenvalue weighted by Crippen LogP contribution is 2.16. The minimum absolute atomic E-state index is 0.0462. The van der Waals surface area contributed by atoms with Crippen molar-refractivity contribution in [1.82, 2.24) is 0 Å². The van der Waals surface area contributed by atoms with E-state index in [9.17, 15) is 19.2 Å². The van der Waals surface area contributed by atoms with Crippen molar-refractivity contribution in [2.24, 2.45) is 5.92 Å². The van der Waals surface area contributed by atoms with E-state index in [-0.39, 0.29) is 31.0 Å². The van der Waals surface area contributed by atoms with Crippen LogP contribution < -0.4 is 10.6 Å². The van der Waals surface area contributed by atoms with Gasteiger partial charge in [0.15, 0.2) is 12.6 Å². The number of carbonyl (C=O) groups excluding carboxylic acids is 3. The lowest BCUT2D eigenvalue weighted by atomic mass is 9.98. The van der Waals surface area contributed by atoms with E-state index in [2.05, 4.69) is 21.9 Å². The lowest BCUT2D eigenvalue weighted by Gasteiger charge is -2.23. The summed E-state index contributed by atoms with van der Waals surface area (Å²) in [6.45, 7) is 9.99. The molecule has 0 atom stereocenters. The Bertz CT molecular complexity index is 821. The van der Waals surface area contributed by atoms with Crippen molar-refractivity contribution in [1.29, 1.82) is 0 Å². The third-order valence-corrected chi connectivity index (χ3v) is 4.43. The molecule has 0 aliphatic rings. The number of hydrogen-bond donors (Lipinski definition) is 4. The molecule has 4 N–H and O–H groups in total. The Balaban J connectivity index is 0.000000644. The molecule has 0 unspecified atom stereocenters. The van der Waals surface area contributed by atoms with Crippen molar-refractivity contribution in [2.45, 2.75) is 59.0 Å². The van der Waals surface area contributed by atoms with Crippen LogP contribution in [0.1, 0.15) is 53.4 Å². The number of amides is 2. The number of esters is 1. The molecule has 0 aliphatic heterocycles. The fourth-order valence-electron chi connectivity index (χ4n) is 2.33. The quantitative estimate of drug-likeness (QED) is 0.143. The molecule has 0 saturated carbocycles. The van der Waals surface area contributed by atoms with Crippen LogP contribution in [0.2, 0.25) is 0 Å². The second kappa shape index (κ2) is 16.4. The Morgan fingerprint density at radius 3 is 2.24 bits per heavy atom. The lowest BCUT2D eigenvalue weighted by molar-refractivity contribution is -0.171. The summed E-state index contributed by atoms with van der Waals surface area (Å²) in [5, 5.41) is 22.0. The van der Waals surface area contributed by atoms with Gasteiger partial charge < -0.3 is 25.0 Å². The van der Waals surface area contributed by atoms with Crippen molar-refractivity contribution in [3.8, 4) is 0 Å². The smallest absolute Gasteiger partial charge is 0.409 e. The molecular formula is C24H36N2O8. The molecule has 34 heavy (non-hydrogen) atoms. The van der Waals surface area contributed by atoms with Crippen LogP contribution in [0.3, 0.4) is 0 Å². The van der Waals surface area contributed by atoms with Crippen LogP contribution >= 0.6 is 0 Å². The summed E-state index contributed by atoms with van der Waals surface area (Å²) in [4.78, 5) is 44.4. The Morgan fingerprint density at radius 2 is 1.71 bits per heavy atom. The second-order valence-electron chi connectivity index (χ2n) is 8.05. The molecule has 0 heterocycles. The first-order chi connectivity index (χ1) is 15.9. The molecule has 0 spiro atoms. The van der Waals surface area contributed by atoms with Crippen LogP contribution in [0.4, 0.5) is 16.2 Å². The molecule has 1 rings (SSSR count). The van der Waals surface area contributed by atoms with E-state index >= 15 is 0 Å². The van der Waals surface area contributed by atoms with E-state index in [1.807, 2.05) is 0 Å². The van der Waals surface area contributed by atoms with Gasteiger partial charge in [0.1, 0.15) is 5.60 Å². The number of ether oxygens (including phenoxy) is 2. The van der Waals surface area contributed by atoms with Gasteiger partial charge in [-0.3, -0.25) is 14.9 Å². The number of nitrogens with one attached hydrogen (secondary N) is 2. The van der Waals surface area contributed by atoms with Crippen LogP contribution in [-0.4, -0.2) is 53.0 Å². The van der Waals surface area contributed by atoms with Gasteiger partial charge in [-0.25, -0.2) is 9.59 Å². The van der Waals surface area contributed by atoms with E-state index in [0.717, 1.165) is 18.9 Å². The fraction of sp³-hybridized carbons (Fsp3) is 0.500. The summed E-state index contributed by atoms with van der Waals surface area (Å²) < 4.78 is 9.89. The zero-order valence-electron chi connectivity index (χ0n) is 20.3. The van der Waals surface area contributed by atoms with Gasteiger partial charge >= 0.3 is 12.1 Å². The minimum Gasteiger partial charge on any atom is -0.465 e. The van der Waals surface area contributed by atoms with Crippen molar-refractivity contribution < 1.29 is 38.9 Å². The molecule has 0 aliphatic carbocycles. The van der Waals surface area contributed by atoms with Gasteiger partial charge in [-0.05, 0) is 44.9 Å². The first kappa shape index (κ1) is 30.8. The van der Waals surface area contributed by atoms with Gasteiger partial charge in [0, 0.05) is 36.4 Å². The predicted molar refractivity (Wildman–Crippen MR) is 128 cm³/mol. The molecule has 10 nitrogen and oxygen atoms in total. The number of ketones is 1. The van der Waals surface area contributed by atoms with Crippen LogP contribution in [-0.2, 0) is 23.9 Å². The molecule has 1 aromatic carbocycles. The van der Waals surface area contributed by atoms with E-state index in [1.54, 1.807) is 52.0 Å². The third-order valence-electron chi connectivity index (χ3n) is 4.43. The number of benzene rings is 1. The predicted octanol–water partition coefficient (Wildman–Crippen LogP) is 3.96. The molecular weight excluding hydrogens is 444 g/mol. The number of carbonyl (C=O) groups is 4. The number of carboxylic acid groups (broad SMARTS) is 1. The molecule has 0 bridgehead atoms. The summed E-state index contributed by atoms with van der Waals surface area (Å²) >= 11 is 0. The van der Waals surface area contributed by atoms with Crippen molar-refractivity contribution >= 4 is 35.1 Å². The maximum atomic E-state index is 11.8. The monoisotopic (exact) mass is 480 g/mol. The Morgan fingerprint density at radius 1 is 1.09 bits per heavy atom. The molecule has 190 valence electrons. The number of anilines is 2. The Labute approximate surface area is 200 Å². The SMILES string of the molecule is C=CC(=O)OCOC(C)(C)C(=O)CCCCCO.CC(C)C(=O)Nc1cccc(NC(=O)O)c1. The molecule has 0 aromatic heterocycles. The van der Waals surface area contributed by atoms with Crippen LogP contribution in [0.5, 0.6) is 0 Å². The van der Waals surface area contributed by atoms with Gasteiger partial charge in [0.05, 0.1) is 0 Å². The summed E-state index contributed by atoms with van der Waals surface area (Å²) in [5.41, 5.74) is 0.0275. The summed E-state index contributed by atoms with van der Waals surface area (Å²) in [6.07, 6.45) is 2.52. The van der Waals surface area contributed by atoms with E-state index < -0.39 is 17.7 Å². The van der Waals surface area contributed by atoms with Gasteiger partial charge in [-0.15, -0.1) is 0 Å². The first-order valence-electron chi connectivity index (χ1n) is 10.9. The number of aliphatic hydroxyl groups excluding tert-OH is 1. The Hall–Kier alpha value is -3.24. The summed E-state index contributed by atoms with van der Waals surface area (Å²) in [7, 11) is 0. The van der Waals surface area contributed by atoms with Crippen molar-refractivity contribution in [3.63, 3.8) is 0 Å². The average Bonchev–Trinajstić information content (AvgIpc) is 2.76. The molecule has 0 fully saturated rings. The Kier molecular flexibility index (Phi) is 14.8. The van der Waals surface area contributed by atoms with Gasteiger partial charge in [0.25, 0.3) is 0 Å². The number of unbranched alkanes of at least 4 members (excludes halogenated alkanes) is 2. The molecule has 1 aromatic rings. The van der Waals surface area contributed by atoms with E-state index in [4.69, 9.17) is 14.9 Å². The standard InChI is InChI=1S/C13H22O5.C11H14N2O3/c1-4-12(16)17-10-18-13(2,3)11(15)8-6-5-7-9-14;1-7(2)10(14)12-8-4-3-5-9(6-8)13-11(15)16/h4,14H,1,5-10H2,2-3H3;3-7,13H,1-2H3,(H,12,14)(H,15,16). The molecule has 0 saturated heterocycles. The van der Waals surface area contributed by atoms with E-state index in [0.29, 0.717) is 24.2 Å². The maximum absolute atomic E-state index is 11.8. The van der Waals surface area contributed by atoms with Gasteiger partial charge in [-0.1, -0.05) is 32.9 Å². The number of hydrogen-bond acceptors (Lipinski definition) is 7. The summed E-state index contributed by atoms with van der Waals surface area (Å²) in [6, 6.07) is 6.54. The molecule has 10 heteroatoms. The fourth-order valence-corrected chi connectivity index (χ4v) is 2.33.